The predicted molar refractivity (Wildman–Crippen MR) is 70.6 cm³/mol. The van der Waals surface area contributed by atoms with Gasteiger partial charge in [-0.25, -0.2) is 4.79 Å². The summed E-state index contributed by atoms with van der Waals surface area (Å²) >= 11 is 0. The van der Waals surface area contributed by atoms with Gasteiger partial charge in [-0.15, -0.1) is 0 Å². The molecule has 5 aliphatic carbocycles. The second-order valence-corrected chi connectivity index (χ2v) is 8.04. The van der Waals surface area contributed by atoms with E-state index in [2.05, 4.69) is 6.92 Å². The molecule has 1 aliphatic heterocycles. The molecule has 0 aromatic heterocycles. The largest absolute Gasteiger partial charge is 0.442 e. The van der Waals surface area contributed by atoms with Crippen LogP contribution >= 0.6 is 0 Å². The predicted octanol–water partition coefficient (Wildman–Crippen LogP) is 3.19. The van der Waals surface area contributed by atoms with E-state index in [4.69, 9.17) is 4.74 Å². The Kier molecular flexibility index (Phi) is 1.71. The summed E-state index contributed by atoms with van der Waals surface area (Å²) in [6.45, 7) is 4.07. The van der Waals surface area contributed by atoms with Gasteiger partial charge < -0.3 is 9.64 Å². The van der Waals surface area contributed by atoms with Gasteiger partial charge in [0.2, 0.25) is 0 Å². The fraction of sp³-hybridized carbons (Fsp3) is 0.938. The van der Waals surface area contributed by atoms with E-state index in [1.54, 1.807) is 0 Å². The number of hydrogen-bond donors (Lipinski definition) is 0. The van der Waals surface area contributed by atoms with Gasteiger partial charge >= 0.3 is 6.09 Å². The van der Waals surface area contributed by atoms with Crippen LogP contribution in [0.5, 0.6) is 0 Å². The van der Waals surface area contributed by atoms with Gasteiger partial charge in [0, 0.05) is 24.4 Å². The van der Waals surface area contributed by atoms with Crippen LogP contribution < -0.4 is 0 Å². The zero-order valence-electron chi connectivity index (χ0n) is 11.8. The minimum Gasteiger partial charge on any atom is -0.442 e. The maximum Gasteiger partial charge on any atom is 0.410 e. The average molecular weight is 261 g/mol. The molecule has 5 saturated carbocycles. The molecule has 5 unspecified atom stereocenters. The van der Waals surface area contributed by atoms with Crippen LogP contribution in [0.25, 0.3) is 0 Å². The van der Waals surface area contributed by atoms with E-state index in [9.17, 15) is 4.79 Å². The van der Waals surface area contributed by atoms with Crippen molar-refractivity contribution < 1.29 is 9.53 Å². The fourth-order valence-corrected chi connectivity index (χ4v) is 6.73. The summed E-state index contributed by atoms with van der Waals surface area (Å²) in [6.07, 6.45) is 9.02. The lowest BCUT2D eigenvalue weighted by Gasteiger charge is -2.37. The van der Waals surface area contributed by atoms with Crippen LogP contribution in [-0.4, -0.2) is 29.7 Å². The normalized spacial score (nSPS) is 56.6. The minimum absolute atomic E-state index is 0.0168. The van der Waals surface area contributed by atoms with Gasteiger partial charge in [-0.2, -0.15) is 0 Å². The number of likely N-dealkylation sites (tertiary alicyclic amines) is 1. The molecule has 3 nitrogen and oxygen atoms in total. The summed E-state index contributed by atoms with van der Waals surface area (Å²) in [7, 11) is 0. The van der Waals surface area contributed by atoms with Crippen molar-refractivity contribution in [3.05, 3.63) is 0 Å². The molecule has 6 rings (SSSR count). The molecule has 0 aromatic rings. The summed E-state index contributed by atoms with van der Waals surface area (Å²) in [5, 5.41) is 0. The van der Waals surface area contributed by atoms with Crippen molar-refractivity contribution in [3.63, 3.8) is 0 Å². The van der Waals surface area contributed by atoms with E-state index in [-0.39, 0.29) is 11.7 Å². The Bertz CT molecular complexity index is 471. The van der Waals surface area contributed by atoms with E-state index in [1.807, 2.05) is 4.90 Å². The lowest BCUT2D eigenvalue weighted by atomic mass is 9.84. The Morgan fingerprint density at radius 3 is 2.53 bits per heavy atom. The van der Waals surface area contributed by atoms with Crippen LogP contribution in [-0.2, 0) is 4.74 Å². The van der Waals surface area contributed by atoms with E-state index in [0.717, 1.165) is 31.8 Å². The summed E-state index contributed by atoms with van der Waals surface area (Å²) in [4.78, 5) is 14.4. The molecule has 0 N–H and O–H groups in total. The SMILES string of the molecule is CC1(OC(=O)N2CCCCC2)C2CC34CC2CC31C4. The van der Waals surface area contributed by atoms with Crippen molar-refractivity contribution >= 4 is 6.09 Å². The number of carbonyl (C=O) groups is 1. The van der Waals surface area contributed by atoms with Crippen molar-refractivity contribution in [2.45, 2.75) is 57.5 Å². The van der Waals surface area contributed by atoms with E-state index in [0.29, 0.717) is 16.7 Å². The van der Waals surface area contributed by atoms with Crippen LogP contribution in [0.2, 0.25) is 0 Å². The van der Waals surface area contributed by atoms with Crippen LogP contribution in [0, 0.1) is 22.7 Å². The van der Waals surface area contributed by atoms with Gasteiger partial charge in [0.15, 0.2) is 0 Å². The van der Waals surface area contributed by atoms with Gasteiger partial charge in [0.05, 0.1) is 0 Å². The van der Waals surface area contributed by atoms with Crippen molar-refractivity contribution in [2.24, 2.45) is 22.7 Å². The first-order chi connectivity index (χ1) is 9.10. The first-order valence-electron chi connectivity index (χ1n) is 8.08. The number of carbonyl (C=O) groups excluding carboxylic acids is 1. The summed E-state index contributed by atoms with van der Waals surface area (Å²) in [5.74, 6) is 1.54. The molecule has 104 valence electrons. The van der Waals surface area contributed by atoms with Crippen LogP contribution in [0.1, 0.15) is 51.9 Å². The van der Waals surface area contributed by atoms with Crippen LogP contribution in [0.3, 0.4) is 0 Å². The van der Waals surface area contributed by atoms with Crippen LogP contribution in [0.4, 0.5) is 4.79 Å². The van der Waals surface area contributed by atoms with Crippen molar-refractivity contribution in [1.82, 2.24) is 4.90 Å². The molecule has 0 radical (unpaired) electrons. The third-order valence-corrected chi connectivity index (χ3v) is 7.54. The van der Waals surface area contributed by atoms with E-state index in [1.165, 1.54) is 32.1 Å². The number of ether oxygens (including phenoxy) is 1. The lowest BCUT2D eigenvalue weighted by molar-refractivity contribution is -0.0547. The summed E-state index contributed by atoms with van der Waals surface area (Å²) in [6, 6.07) is 0. The van der Waals surface area contributed by atoms with Gasteiger partial charge in [-0.1, -0.05) is 0 Å². The van der Waals surface area contributed by atoms with Crippen molar-refractivity contribution in [3.8, 4) is 0 Å². The highest BCUT2D eigenvalue weighted by Crippen LogP contribution is 2.94. The highest BCUT2D eigenvalue weighted by atomic mass is 16.6. The minimum atomic E-state index is -0.121. The van der Waals surface area contributed by atoms with Gasteiger partial charge in [0.1, 0.15) is 5.60 Å². The molecular weight excluding hydrogens is 238 g/mol. The third-order valence-electron chi connectivity index (χ3n) is 7.54. The van der Waals surface area contributed by atoms with Crippen molar-refractivity contribution in [1.29, 1.82) is 0 Å². The zero-order chi connectivity index (χ0) is 12.9. The number of rotatable bonds is 1. The lowest BCUT2D eigenvalue weighted by Crippen LogP contribution is -2.46. The second kappa shape index (κ2) is 2.96. The molecule has 5 atom stereocenters. The highest BCUT2D eigenvalue weighted by Gasteiger charge is 2.92. The van der Waals surface area contributed by atoms with E-state index < -0.39 is 0 Å². The Labute approximate surface area is 114 Å². The van der Waals surface area contributed by atoms with Crippen molar-refractivity contribution in [2.75, 3.05) is 13.1 Å². The second-order valence-electron chi connectivity index (χ2n) is 8.04. The third kappa shape index (κ3) is 1.01. The maximum absolute atomic E-state index is 12.5. The van der Waals surface area contributed by atoms with Gasteiger partial charge in [-0.05, 0) is 63.2 Å². The first kappa shape index (κ1) is 11.0. The molecule has 2 spiro atoms. The molecule has 19 heavy (non-hydrogen) atoms. The Morgan fingerprint density at radius 2 is 1.95 bits per heavy atom. The molecule has 1 amide bonds. The van der Waals surface area contributed by atoms with Crippen LogP contribution in [0.15, 0.2) is 0 Å². The monoisotopic (exact) mass is 261 g/mol. The Balaban J connectivity index is 1.39. The first-order valence-corrected chi connectivity index (χ1v) is 8.08. The summed E-state index contributed by atoms with van der Waals surface area (Å²) < 4.78 is 6.15. The number of hydrogen-bond acceptors (Lipinski definition) is 2. The molecule has 1 heterocycles. The fourth-order valence-electron chi connectivity index (χ4n) is 6.73. The smallest absolute Gasteiger partial charge is 0.410 e. The Hall–Kier alpha value is -0.730. The molecule has 3 heteroatoms. The molecule has 6 aliphatic rings. The Morgan fingerprint density at radius 1 is 1.16 bits per heavy atom. The standard InChI is InChI=1S/C16H23NO2/c1-14(19-13(18)17-5-3-2-4-6-17)12-9-15-7-11(12)8-16(14,15)10-15/h11-12H,2-10H2,1H3. The average Bonchev–Trinajstić information content (AvgIpc) is 2.58. The summed E-state index contributed by atoms with van der Waals surface area (Å²) in [5.41, 5.74) is 0.893. The molecule has 1 saturated heterocycles. The number of amides is 1. The maximum atomic E-state index is 12.5. The number of piperidine rings is 1. The molecule has 0 aromatic carbocycles. The van der Waals surface area contributed by atoms with E-state index >= 15 is 0 Å². The topological polar surface area (TPSA) is 29.5 Å². The zero-order valence-corrected chi connectivity index (χ0v) is 11.8. The van der Waals surface area contributed by atoms with Gasteiger partial charge in [0.25, 0.3) is 0 Å². The number of nitrogens with zero attached hydrogens (tertiary/aromatic N) is 1. The highest BCUT2D eigenvalue weighted by molar-refractivity contribution is 5.69. The quantitative estimate of drug-likeness (QED) is 0.725. The molecule has 4 bridgehead atoms. The molecule has 6 fully saturated rings. The molecular formula is C16H23NO2. The van der Waals surface area contributed by atoms with Gasteiger partial charge in [-0.3, -0.25) is 0 Å².